The Bertz CT molecular complexity index is 1220. The second-order valence-electron chi connectivity index (χ2n) is 8.48. The lowest BCUT2D eigenvalue weighted by molar-refractivity contribution is -0.144. The molecule has 33 heavy (non-hydrogen) atoms. The third-order valence-corrected chi connectivity index (χ3v) is 5.81. The molecular formula is C27H30N2O4. The standard InChI is InChI=1S/C27H30N2O4/c1-16-8-7-9-22(12-16)26(31)28-20(5)27(32)33-15-25(30)24-14-19(4)29(21(24)6)23-11-10-17(2)18(3)13-23/h7-14,20H,15H2,1-6H3,(H,28,31)/t20-/m1/s1. The van der Waals surface area contributed by atoms with Gasteiger partial charge in [-0.1, -0.05) is 23.8 Å². The van der Waals surface area contributed by atoms with Gasteiger partial charge in [-0.05, 0) is 83.0 Å². The van der Waals surface area contributed by atoms with Crippen LogP contribution in [0.3, 0.4) is 0 Å². The van der Waals surface area contributed by atoms with Gasteiger partial charge in [0.25, 0.3) is 5.91 Å². The van der Waals surface area contributed by atoms with Gasteiger partial charge >= 0.3 is 5.97 Å². The maximum Gasteiger partial charge on any atom is 0.328 e. The van der Waals surface area contributed by atoms with Crippen molar-refractivity contribution < 1.29 is 19.1 Å². The molecule has 0 radical (unpaired) electrons. The maximum atomic E-state index is 12.8. The number of ketones is 1. The molecule has 0 aliphatic rings. The number of hydrogen-bond donors (Lipinski definition) is 1. The molecule has 172 valence electrons. The first-order valence-corrected chi connectivity index (χ1v) is 10.9. The number of hydrogen-bond acceptors (Lipinski definition) is 4. The minimum absolute atomic E-state index is 0.288. The van der Waals surface area contributed by atoms with Gasteiger partial charge in [0.15, 0.2) is 6.61 Å². The summed E-state index contributed by atoms with van der Waals surface area (Å²) in [6.07, 6.45) is 0. The molecule has 0 bridgehead atoms. The first kappa shape index (κ1) is 24.0. The zero-order valence-electron chi connectivity index (χ0n) is 20.0. The van der Waals surface area contributed by atoms with E-state index in [4.69, 9.17) is 4.74 Å². The topological polar surface area (TPSA) is 77.4 Å². The van der Waals surface area contributed by atoms with E-state index in [9.17, 15) is 14.4 Å². The van der Waals surface area contributed by atoms with E-state index in [0.29, 0.717) is 11.1 Å². The van der Waals surface area contributed by atoms with Crippen LogP contribution in [0.5, 0.6) is 0 Å². The molecular weight excluding hydrogens is 416 g/mol. The lowest BCUT2D eigenvalue weighted by atomic mass is 10.1. The van der Waals surface area contributed by atoms with Crippen LogP contribution >= 0.6 is 0 Å². The highest BCUT2D eigenvalue weighted by Crippen LogP contribution is 2.23. The van der Waals surface area contributed by atoms with Gasteiger partial charge < -0.3 is 14.6 Å². The number of nitrogens with zero attached hydrogens (tertiary/aromatic N) is 1. The van der Waals surface area contributed by atoms with Gasteiger partial charge in [0.2, 0.25) is 5.78 Å². The summed E-state index contributed by atoms with van der Waals surface area (Å²) in [5, 5.41) is 2.61. The third-order valence-electron chi connectivity index (χ3n) is 5.81. The highest BCUT2D eigenvalue weighted by molar-refractivity contribution is 6.00. The largest absolute Gasteiger partial charge is 0.456 e. The number of amides is 1. The van der Waals surface area contributed by atoms with Gasteiger partial charge in [-0.25, -0.2) is 4.79 Å². The molecule has 3 rings (SSSR count). The van der Waals surface area contributed by atoms with Crippen molar-refractivity contribution in [1.29, 1.82) is 0 Å². The van der Waals surface area contributed by atoms with Crippen LogP contribution in [-0.2, 0) is 9.53 Å². The zero-order valence-corrected chi connectivity index (χ0v) is 20.0. The van der Waals surface area contributed by atoms with Crippen LogP contribution < -0.4 is 5.32 Å². The molecule has 1 atom stereocenters. The van der Waals surface area contributed by atoms with E-state index in [0.717, 1.165) is 22.6 Å². The van der Waals surface area contributed by atoms with Crippen LogP contribution in [0.15, 0.2) is 48.5 Å². The smallest absolute Gasteiger partial charge is 0.328 e. The van der Waals surface area contributed by atoms with Crippen molar-refractivity contribution in [3.05, 3.63) is 87.7 Å². The van der Waals surface area contributed by atoms with Gasteiger partial charge in [0.1, 0.15) is 6.04 Å². The number of Topliss-reactive ketones (excluding diaryl/α,β-unsaturated/α-hetero) is 1. The number of carbonyl (C=O) groups is 3. The highest BCUT2D eigenvalue weighted by Gasteiger charge is 2.22. The molecule has 0 spiro atoms. The van der Waals surface area contributed by atoms with E-state index in [1.54, 1.807) is 18.2 Å². The van der Waals surface area contributed by atoms with E-state index in [-0.39, 0.29) is 18.3 Å². The van der Waals surface area contributed by atoms with Crippen molar-refractivity contribution in [3.63, 3.8) is 0 Å². The van der Waals surface area contributed by atoms with Crippen LogP contribution in [0.25, 0.3) is 5.69 Å². The van der Waals surface area contributed by atoms with Crippen molar-refractivity contribution >= 4 is 17.7 Å². The Labute approximate surface area is 194 Å². The summed E-state index contributed by atoms with van der Waals surface area (Å²) in [5.41, 5.74) is 6.98. The Balaban J connectivity index is 1.65. The van der Waals surface area contributed by atoms with Gasteiger partial charge in [-0.3, -0.25) is 9.59 Å². The van der Waals surface area contributed by atoms with E-state index >= 15 is 0 Å². The van der Waals surface area contributed by atoms with Crippen molar-refractivity contribution in [3.8, 4) is 5.69 Å². The van der Waals surface area contributed by atoms with Gasteiger partial charge in [0.05, 0.1) is 0 Å². The summed E-state index contributed by atoms with van der Waals surface area (Å²) in [6.45, 7) is 11.0. The van der Waals surface area contributed by atoms with Gasteiger partial charge in [-0.2, -0.15) is 0 Å². The number of nitrogens with one attached hydrogen (secondary N) is 1. The molecule has 0 aliphatic heterocycles. The molecule has 0 aliphatic carbocycles. The summed E-state index contributed by atoms with van der Waals surface area (Å²) in [6, 6.07) is 14.2. The number of rotatable bonds is 7. The molecule has 6 nitrogen and oxygen atoms in total. The Hall–Kier alpha value is -3.67. The Morgan fingerprint density at radius 2 is 1.67 bits per heavy atom. The first-order chi connectivity index (χ1) is 15.6. The number of aryl methyl sites for hydroxylation is 4. The number of benzene rings is 2. The zero-order chi connectivity index (χ0) is 24.3. The molecule has 1 amide bonds. The predicted molar refractivity (Wildman–Crippen MR) is 128 cm³/mol. The molecule has 1 heterocycles. The molecule has 0 fully saturated rings. The fourth-order valence-corrected chi connectivity index (χ4v) is 3.77. The Morgan fingerprint density at radius 3 is 2.33 bits per heavy atom. The average Bonchev–Trinajstić information content (AvgIpc) is 3.07. The van der Waals surface area contributed by atoms with Crippen LogP contribution in [0, 0.1) is 34.6 Å². The fourth-order valence-electron chi connectivity index (χ4n) is 3.77. The van der Waals surface area contributed by atoms with E-state index in [2.05, 4.69) is 31.3 Å². The van der Waals surface area contributed by atoms with Crippen molar-refractivity contribution in [1.82, 2.24) is 9.88 Å². The lowest BCUT2D eigenvalue weighted by Gasteiger charge is -2.14. The number of esters is 1. The molecule has 2 aromatic carbocycles. The molecule has 0 unspecified atom stereocenters. The van der Waals surface area contributed by atoms with Crippen molar-refractivity contribution in [2.45, 2.75) is 47.6 Å². The van der Waals surface area contributed by atoms with E-state index in [1.807, 2.05) is 43.5 Å². The molecule has 1 N–H and O–H groups in total. The second kappa shape index (κ2) is 9.86. The fraction of sp³-hybridized carbons (Fsp3) is 0.296. The van der Waals surface area contributed by atoms with E-state index < -0.39 is 12.0 Å². The van der Waals surface area contributed by atoms with Gasteiger partial charge in [-0.15, -0.1) is 0 Å². The second-order valence-corrected chi connectivity index (χ2v) is 8.48. The van der Waals surface area contributed by atoms with Crippen LogP contribution in [-0.4, -0.2) is 34.9 Å². The minimum atomic E-state index is -0.881. The molecule has 6 heteroatoms. The molecule has 3 aromatic rings. The summed E-state index contributed by atoms with van der Waals surface area (Å²) >= 11 is 0. The van der Waals surface area contributed by atoms with Crippen molar-refractivity contribution in [2.75, 3.05) is 6.61 Å². The number of ether oxygens (including phenoxy) is 1. The van der Waals surface area contributed by atoms with Crippen LogP contribution in [0.4, 0.5) is 0 Å². The molecule has 0 saturated carbocycles. The van der Waals surface area contributed by atoms with Crippen LogP contribution in [0.2, 0.25) is 0 Å². The Morgan fingerprint density at radius 1 is 0.939 bits per heavy atom. The van der Waals surface area contributed by atoms with Gasteiger partial charge in [0, 0.05) is 28.2 Å². The monoisotopic (exact) mass is 446 g/mol. The minimum Gasteiger partial charge on any atom is -0.456 e. The van der Waals surface area contributed by atoms with Crippen molar-refractivity contribution in [2.24, 2.45) is 0 Å². The highest BCUT2D eigenvalue weighted by atomic mass is 16.5. The lowest BCUT2D eigenvalue weighted by Crippen LogP contribution is -2.40. The average molecular weight is 447 g/mol. The first-order valence-electron chi connectivity index (χ1n) is 10.9. The number of aromatic nitrogens is 1. The summed E-state index contributed by atoms with van der Waals surface area (Å²) < 4.78 is 7.23. The predicted octanol–water partition coefficient (Wildman–Crippen LogP) is 4.56. The SMILES string of the molecule is Cc1cccc(C(=O)N[C@H](C)C(=O)OCC(=O)c2cc(C)n(-c3ccc(C)c(C)c3)c2C)c1. The summed E-state index contributed by atoms with van der Waals surface area (Å²) in [7, 11) is 0. The van der Waals surface area contributed by atoms with Crippen LogP contribution in [0.1, 0.15) is 55.7 Å². The number of carbonyl (C=O) groups excluding carboxylic acids is 3. The third kappa shape index (κ3) is 5.40. The Kier molecular flexibility index (Phi) is 7.16. The normalized spacial score (nSPS) is 11.7. The summed E-state index contributed by atoms with van der Waals surface area (Å²) in [5.74, 6) is -1.32. The van der Waals surface area contributed by atoms with E-state index in [1.165, 1.54) is 18.1 Å². The maximum absolute atomic E-state index is 12.8. The summed E-state index contributed by atoms with van der Waals surface area (Å²) in [4.78, 5) is 37.5. The molecule has 0 saturated heterocycles. The quantitative estimate of drug-likeness (QED) is 0.426. The molecule has 1 aromatic heterocycles.